The average molecular weight is 469 g/mol. The van der Waals surface area contributed by atoms with Gasteiger partial charge in [-0.05, 0) is 42.3 Å². The summed E-state index contributed by atoms with van der Waals surface area (Å²) in [6.07, 6.45) is 0.874. The standard InChI is InChI=1S/C24H22F3N5O2/c1-15(19-10-24(26,27)11-19)34-20-6-3-16(4-7-20)9-23(33)30-22-13-29-32(31-22)14-17-2-5-18(12-28)21(25)8-17/h2-8,13,15,19H,9-11,14H2,1H3,(H,30,31,33). The van der Waals surface area contributed by atoms with Gasteiger partial charge in [0, 0.05) is 18.8 Å². The van der Waals surface area contributed by atoms with Gasteiger partial charge in [-0.15, -0.1) is 5.10 Å². The largest absolute Gasteiger partial charge is 0.490 e. The van der Waals surface area contributed by atoms with Crippen LogP contribution in [-0.4, -0.2) is 32.9 Å². The van der Waals surface area contributed by atoms with Crippen LogP contribution in [-0.2, 0) is 17.8 Å². The molecular weight excluding hydrogens is 447 g/mol. The van der Waals surface area contributed by atoms with Crippen LogP contribution < -0.4 is 10.1 Å². The van der Waals surface area contributed by atoms with E-state index < -0.39 is 11.7 Å². The number of ether oxygens (including phenoxy) is 1. The Morgan fingerprint density at radius 1 is 1.26 bits per heavy atom. The summed E-state index contributed by atoms with van der Waals surface area (Å²) in [6.45, 7) is 1.96. The van der Waals surface area contributed by atoms with E-state index in [0.717, 1.165) is 5.56 Å². The van der Waals surface area contributed by atoms with Crippen molar-refractivity contribution in [2.24, 2.45) is 5.92 Å². The second-order valence-electron chi connectivity index (χ2n) is 8.40. The highest BCUT2D eigenvalue weighted by atomic mass is 19.3. The summed E-state index contributed by atoms with van der Waals surface area (Å²) >= 11 is 0. The summed E-state index contributed by atoms with van der Waals surface area (Å²) < 4.78 is 45.5. The molecule has 0 spiro atoms. The van der Waals surface area contributed by atoms with Gasteiger partial charge in [-0.3, -0.25) is 4.79 Å². The monoisotopic (exact) mass is 469 g/mol. The Balaban J connectivity index is 1.26. The second-order valence-corrected chi connectivity index (χ2v) is 8.40. The van der Waals surface area contributed by atoms with E-state index in [1.54, 1.807) is 43.3 Å². The maximum atomic E-state index is 13.7. The molecule has 3 aromatic rings. The predicted octanol–water partition coefficient (Wildman–Crippen LogP) is 4.33. The summed E-state index contributed by atoms with van der Waals surface area (Å²) in [7, 11) is 0. The lowest BCUT2D eigenvalue weighted by molar-refractivity contribution is -0.133. The van der Waals surface area contributed by atoms with Gasteiger partial charge in [-0.2, -0.15) is 15.2 Å². The second kappa shape index (κ2) is 9.55. The first-order valence-corrected chi connectivity index (χ1v) is 10.7. The smallest absolute Gasteiger partial charge is 0.249 e. The number of anilines is 1. The van der Waals surface area contributed by atoms with Crippen molar-refractivity contribution in [1.82, 2.24) is 15.0 Å². The van der Waals surface area contributed by atoms with Crippen LogP contribution in [0.3, 0.4) is 0 Å². The third kappa shape index (κ3) is 5.73. The summed E-state index contributed by atoms with van der Waals surface area (Å²) in [4.78, 5) is 13.7. The number of nitriles is 1. The van der Waals surface area contributed by atoms with Gasteiger partial charge >= 0.3 is 0 Å². The van der Waals surface area contributed by atoms with Crippen LogP contribution in [0.4, 0.5) is 19.0 Å². The molecule has 7 nitrogen and oxygen atoms in total. The zero-order valence-electron chi connectivity index (χ0n) is 18.3. The Kier molecular flexibility index (Phi) is 6.54. The summed E-state index contributed by atoms with van der Waals surface area (Å²) in [5.41, 5.74) is 1.28. The highest BCUT2D eigenvalue weighted by Crippen LogP contribution is 2.44. The molecule has 1 aliphatic carbocycles. The lowest BCUT2D eigenvalue weighted by Crippen LogP contribution is -2.43. The number of carbonyl (C=O) groups excluding carboxylic acids is 1. The van der Waals surface area contributed by atoms with E-state index >= 15 is 0 Å². The van der Waals surface area contributed by atoms with Crippen molar-refractivity contribution in [2.75, 3.05) is 5.32 Å². The van der Waals surface area contributed by atoms with Crippen molar-refractivity contribution in [3.63, 3.8) is 0 Å². The molecule has 1 heterocycles. The van der Waals surface area contributed by atoms with Crippen LogP contribution in [0.25, 0.3) is 0 Å². The first-order chi connectivity index (χ1) is 16.2. The fourth-order valence-corrected chi connectivity index (χ4v) is 3.75. The minimum atomic E-state index is -2.58. The van der Waals surface area contributed by atoms with Gasteiger partial charge in [-0.1, -0.05) is 18.2 Å². The minimum absolute atomic E-state index is 0.0396. The Morgan fingerprint density at radius 2 is 1.97 bits per heavy atom. The van der Waals surface area contributed by atoms with E-state index in [9.17, 15) is 18.0 Å². The number of rotatable bonds is 8. The summed E-state index contributed by atoms with van der Waals surface area (Å²) in [5.74, 6) is -2.83. The predicted molar refractivity (Wildman–Crippen MR) is 117 cm³/mol. The number of alkyl halides is 2. The van der Waals surface area contributed by atoms with E-state index in [1.807, 2.05) is 0 Å². The number of benzene rings is 2. The molecule has 1 unspecified atom stereocenters. The highest BCUT2D eigenvalue weighted by Gasteiger charge is 2.48. The molecule has 1 aromatic heterocycles. The molecule has 4 rings (SSSR count). The zero-order valence-corrected chi connectivity index (χ0v) is 18.3. The molecule has 1 fully saturated rings. The molecule has 1 N–H and O–H groups in total. The number of aromatic nitrogens is 3. The van der Waals surface area contributed by atoms with E-state index in [4.69, 9.17) is 10.00 Å². The van der Waals surface area contributed by atoms with Gasteiger partial charge in [0.15, 0.2) is 5.82 Å². The molecule has 1 atom stereocenters. The van der Waals surface area contributed by atoms with Crippen molar-refractivity contribution in [1.29, 1.82) is 5.26 Å². The molecule has 176 valence electrons. The molecule has 1 saturated carbocycles. The Labute approximate surface area is 194 Å². The van der Waals surface area contributed by atoms with Crippen LogP contribution in [0.5, 0.6) is 5.75 Å². The van der Waals surface area contributed by atoms with Gasteiger partial charge in [0.05, 0.1) is 30.8 Å². The van der Waals surface area contributed by atoms with Crippen LogP contribution in [0.2, 0.25) is 0 Å². The van der Waals surface area contributed by atoms with Crippen molar-refractivity contribution in [3.8, 4) is 11.8 Å². The van der Waals surface area contributed by atoms with Crippen LogP contribution in [0.1, 0.15) is 36.5 Å². The highest BCUT2D eigenvalue weighted by molar-refractivity contribution is 5.91. The maximum absolute atomic E-state index is 13.7. The molecule has 0 bridgehead atoms. The number of hydrogen-bond acceptors (Lipinski definition) is 5. The SMILES string of the molecule is CC(Oc1ccc(CC(=O)Nc2cnn(Cc3ccc(C#N)c(F)c3)n2)cc1)C1CC(F)(F)C1. The van der Waals surface area contributed by atoms with Crippen molar-refractivity contribution in [3.05, 3.63) is 71.2 Å². The van der Waals surface area contributed by atoms with Gasteiger partial charge in [-0.25, -0.2) is 13.2 Å². The Hall–Kier alpha value is -3.87. The van der Waals surface area contributed by atoms with Gasteiger partial charge in [0.25, 0.3) is 0 Å². The van der Waals surface area contributed by atoms with Crippen LogP contribution >= 0.6 is 0 Å². The average Bonchev–Trinajstić information content (AvgIpc) is 3.20. The third-order valence-corrected chi connectivity index (χ3v) is 5.68. The van der Waals surface area contributed by atoms with Crippen LogP contribution in [0, 0.1) is 23.1 Å². The summed E-state index contributed by atoms with van der Waals surface area (Å²) in [5, 5.41) is 19.7. The third-order valence-electron chi connectivity index (χ3n) is 5.68. The van der Waals surface area contributed by atoms with E-state index in [-0.39, 0.29) is 55.1 Å². The van der Waals surface area contributed by atoms with Crippen LogP contribution in [0.15, 0.2) is 48.7 Å². The van der Waals surface area contributed by atoms with Gasteiger partial charge in [0.2, 0.25) is 11.8 Å². The molecule has 34 heavy (non-hydrogen) atoms. The van der Waals surface area contributed by atoms with E-state index in [2.05, 4.69) is 15.5 Å². The van der Waals surface area contributed by atoms with Crippen molar-refractivity contribution in [2.45, 2.75) is 44.8 Å². The minimum Gasteiger partial charge on any atom is -0.490 e. The molecule has 0 radical (unpaired) electrons. The first kappa shape index (κ1) is 23.3. The van der Waals surface area contributed by atoms with Crippen molar-refractivity contribution < 1.29 is 22.7 Å². The number of hydrogen-bond donors (Lipinski definition) is 1. The normalized spacial score (nSPS) is 15.7. The lowest BCUT2D eigenvalue weighted by atomic mass is 9.78. The number of nitrogens with one attached hydrogen (secondary N) is 1. The van der Waals surface area contributed by atoms with Crippen molar-refractivity contribution >= 4 is 11.7 Å². The lowest BCUT2D eigenvalue weighted by Gasteiger charge is -2.38. The topological polar surface area (TPSA) is 92.8 Å². The number of carbonyl (C=O) groups is 1. The first-order valence-electron chi connectivity index (χ1n) is 10.7. The molecular formula is C24H22F3N5O2. The fourth-order valence-electron chi connectivity index (χ4n) is 3.75. The Bertz CT molecular complexity index is 1210. The van der Waals surface area contributed by atoms with Gasteiger partial charge in [0.1, 0.15) is 17.6 Å². The maximum Gasteiger partial charge on any atom is 0.249 e. The Morgan fingerprint density at radius 3 is 2.62 bits per heavy atom. The fraction of sp³-hybridized carbons (Fsp3) is 0.333. The number of nitrogens with zero attached hydrogens (tertiary/aromatic N) is 4. The molecule has 0 saturated heterocycles. The quantitative estimate of drug-likeness (QED) is 0.530. The molecule has 0 aliphatic heterocycles. The summed E-state index contributed by atoms with van der Waals surface area (Å²) in [6, 6.07) is 12.9. The van der Waals surface area contributed by atoms with Gasteiger partial charge < -0.3 is 10.1 Å². The van der Waals surface area contributed by atoms with E-state index in [1.165, 1.54) is 23.1 Å². The molecule has 1 aliphatic rings. The zero-order chi connectivity index (χ0) is 24.3. The number of amides is 1. The molecule has 10 heteroatoms. The molecule has 2 aromatic carbocycles. The molecule has 1 amide bonds. The van der Waals surface area contributed by atoms with E-state index in [0.29, 0.717) is 11.3 Å². The number of halogens is 3.